The number of nitrogens with zero attached hydrogens (tertiary/aromatic N) is 2. The third-order valence-corrected chi connectivity index (χ3v) is 4.47. The Morgan fingerprint density at radius 2 is 1.44 bits per heavy atom. The molecule has 0 amide bonds. The van der Waals surface area contributed by atoms with Crippen LogP contribution in [-0.2, 0) is 0 Å². The fourth-order valence-corrected chi connectivity index (χ4v) is 3.18. The van der Waals surface area contributed by atoms with Gasteiger partial charge in [-0.05, 0) is 24.1 Å². The lowest BCUT2D eigenvalue weighted by Crippen LogP contribution is -2.17. The van der Waals surface area contributed by atoms with E-state index in [4.69, 9.17) is 9.98 Å². The van der Waals surface area contributed by atoms with Gasteiger partial charge in [-0.25, -0.2) is 4.99 Å². The van der Waals surface area contributed by atoms with Crippen molar-refractivity contribution in [2.75, 3.05) is 0 Å². The van der Waals surface area contributed by atoms with Gasteiger partial charge < -0.3 is 0 Å². The molecule has 0 spiro atoms. The highest BCUT2D eigenvalue weighted by Gasteiger charge is 2.21. The molecule has 25 heavy (non-hydrogen) atoms. The van der Waals surface area contributed by atoms with Gasteiger partial charge >= 0.3 is 0 Å². The molecule has 0 aliphatic carbocycles. The van der Waals surface area contributed by atoms with Gasteiger partial charge in [0.25, 0.3) is 0 Å². The number of aryl methyl sites for hydroxylation is 1. The maximum atomic E-state index is 4.97. The minimum atomic E-state index is 0.101. The van der Waals surface area contributed by atoms with Crippen LogP contribution in [0.5, 0.6) is 0 Å². The topological polar surface area (TPSA) is 24.7 Å². The van der Waals surface area contributed by atoms with Gasteiger partial charge in [0.2, 0.25) is 0 Å². The second kappa shape index (κ2) is 6.86. The van der Waals surface area contributed by atoms with E-state index in [0.717, 1.165) is 23.5 Å². The van der Waals surface area contributed by atoms with Gasteiger partial charge in [-0.1, -0.05) is 84.4 Å². The van der Waals surface area contributed by atoms with Crippen molar-refractivity contribution in [3.8, 4) is 0 Å². The van der Waals surface area contributed by atoms with Crippen molar-refractivity contribution in [1.82, 2.24) is 0 Å². The zero-order valence-electron chi connectivity index (χ0n) is 14.3. The van der Waals surface area contributed by atoms with E-state index < -0.39 is 0 Å². The van der Waals surface area contributed by atoms with E-state index >= 15 is 0 Å². The van der Waals surface area contributed by atoms with Gasteiger partial charge in [-0.15, -0.1) is 0 Å². The van der Waals surface area contributed by atoms with Crippen LogP contribution in [0.3, 0.4) is 0 Å². The number of amidine groups is 1. The summed E-state index contributed by atoms with van der Waals surface area (Å²) in [6, 6.07) is 29.4. The van der Waals surface area contributed by atoms with Gasteiger partial charge in [-0.3, -0.25) is 4.99 Å². The molecule has 122 valence electrons. The van der Waals surface area contributed by atoms with Crippen molar-refractivity contribution in [1.29, 1.82) is 0 Å². The molecule has 0 fully saturated rings. The summed E-state index contributed by atoms with van der Waals surface area (Å²) in [4.78, 5) is 9.87. The van der Waals surface area contributed by atoms with Gasteiger partial charge in [0.15, 0.2) is 5.84 Å². The molecular weight excluding hydrogens is 304 g/mol. The number of benzene rings is 3. The quantitative estimate of drug-likeness (QED) is 0.618. The molecule has 1 aliphatic rings. The Kier molecular flexibility index (Phi) is 4.26. The van der Waals surface area contributed by atoms with Crippen molar-refractivity contribution in [3.63, 3.8) is 0 Å². The summed E-state index contributed by atoms with van der Waals surface area (Å²) in [5, 5.41) is 0. The third-order valence-electron chi connectivity index (χ3n) is 4.47. The van der Waals surface area contributed by atoms with Crippen LogP contribution in [0.2, 0.25) is 0 Å². The predicted octanol–water partition coefficient (Wildman–Crippen LogP) is 5.38. The molecule has 4 rings (SSSR count). The highest BCUT2D eigenvalue weighted by atomic mass is 15.0. The second-order valence-corrected chi connectivity index (χ2v) is 6.38. The van der Waals surface area contributed by atoms with Crippen LogP contribution in [-0.4, -0.2) is 11.5 Å². The molecule has 0 aromatic heterocycles. The Hall–Kier alpha value is -3.00. The van der Waals surface area contributed by atoms with Gasteiger partial charge in [-0.2, -0.15) is 0 Å². The van der Waals surface area contributed by atoms with Crippen molar-refractivity contribution in [2.24, 2.45) is 9.98 Å². The standard InChI is InChI=1S/C23H20N2/c1-17-9-8-14-20(15-17)23-24-21(18-10-4-2-5-11-18)16-22(25-23)19-12-6-3-7-13-19/h2-15,21H,16H2,1H3. The molecule has 3 aromatic rings. The SMILES string of the molecule is Cc1cccc(C2=NC(c3ccccc3)CC(c3ccccc3)=N2)c1. The normalized spacial score (nSPS) is 16.9. The Bertz CT molecular complexity index is 925. The smallest absolute Gasteiger partial charge is 0.155 e. The molecule has 1 aliphatic heterocycles. The Morgan fingerprint density at radius 3 is 2.16 bits per heavy atom. The summed E-state index contributed by atoms with van der Waals surface area (Å²) in [5.74, 6) is 0.822. The van der Waals surface area contributed by atoms with E-state index in [-0.39, 0.29) is 6.04 Å². The zero-order chi connectivity index (χ0) is 17.1. The van der Waals surface area contributed by atoms with Crippen LogP contribution in [0.4, 0.5) is 0 Å². The van der Waals surface area contributed by atoms with Crippen LogP contribution in [0.1, 0.15) is 34.7 Å². The van der Waals surface area contributed by atoms with Crippen molar-refractivity contribution in [2.45, 2.75) is 19.4 Å². The van der Waals surface area contributed by atoms with E-state index in [9.17, 15) is 0 Å². The molecule has 0 bridgehead atoms. The molecule has 1 unspecified atom stereocenters. The molecule has 0 radical (unpaired) electrons. The van der Waals surface area contributed by atoms with E-state index in [2.05, 4.69) is 79.7 Å². The maximum absolute atomic E-state index is 4.97. The Morgan fingerprint density at radius 1 is 0.760 bits per heavy atom. The van der Waals surface area contributed by atoms with Gasteiger partial charge in [0.05, 0.1) is 11.8 Å². The van der Waals surface area contributed by atoms with Crippen LogP contribution in [0, 0.1) is 6.92 Å². The van der Waals surface area contributed by atoms with Crippen molar-refractivity contribution in [3.05, 3.63) is 107 Å². The summed E-state index contributed by atoms with van der Waals surface area (Å²) in [7, 11) is 0. The molecule has 2 nitrogen and oxygen atoms in total. The average molecular weight is 324 g/mol. The highest BCUT2D eigenvalue weighted by molar-refractivity contribution is 6.14. The fourth-order valence-electron chi connectivity index (χ4n) is 3.18. The molecule has 0 saturated heterocycles. The van der Waals surface area contributed by atoms with Crippen LogP contribution < -0.4 is 0 Å². The van der Waals surface area contributed by atoms with E-state index in [1.165, 1.54) is 16.7 Å². The molecule has 1 heterocycles. The monoisotopic (exact) mass is 324 g/mol. The highest BCUT2D eigenvalue weighted by Crippen LogP contribution is 2.28. The van der Waals surface area contributed by atoms with E-state index in [1.54, 1.807) is 0 Å². The molecule has 3 aromatic carbocycles. The first-order valence-electron chi connectivity index (χ1n) is 8.62. The first kappa shape index (κ1) is 15.5. The Labute approximate surface area is 148 Å². The van der Waals surface area contributed by atoms with Crippen molar-refractivity contribution >= 4 is 11.5 Å². The first-order valence-corrected chi connectivity index (χ1v) is 8.62. The number of hydrogen-bond donors (Lipinski definition) is 0. The maximum Gasteiger partial charge on any atom is 0.155 e. The predicted molar refractivity (Wildman–Crippen MR) is 104 cm³/mol. The Balaban J connectivity index is 1.80. The molecule has 2 heteroatoms. The zero-order valence-corrected chi connectivity index (χ0v) is 14.3. The average Bonchev–Trinajstić information content (AvgIpc) is 2.69. The van der Waals surface area contributed by atoms with Crippen LogP contribution >= 0.6 is 0 Å². The summed E-state index contributed by atoms with van der Waals surface area (Å²) < 4.78 is 0. The molecule has 1 atom stereocenters. The minimum Gasteiger partial charge on any atom is -0.258 e. The summed E-state index contributed by atoms with van der Waals surface area (Å²) >= 11 is 0. The largest absolute Gasteiger partial charge is 0.258 e. The van der Waals surface area contributed by atoms with Crippen LogP contribution in [0.25, 0.3) is 0 Å². The lowest BCUT2D eigenvalue weighted by molar-refractivity contribution is 0.753. The first-order chi connectivity index (χ1) is 12.3. The lowest BCUT2D eigenvalue weighted by Gasteiger charge is -2.21. The lowest BCUT2D eigenvalue weighted by atomic mass is 9.95. The summed E-state index contributed by atoms with van der Waals surface area (Å²) in [6.07, 6.45) is 0.823. The molecule has 0 N–H and O–H groups in total. The molecular formula is C23H20N2. The van der Waals surface area contributed by atoms with E-state index in [1.807, 2.05) is 12.1 Å². The second-order valence-electron chi connectivity index (χ2n) is 6.38. The van der Waals surface area contributed by atoms with Crippen LogP contribution in [0.15, 0.2) is 94.9 Å². The fraction of sp³-hybridized carbons (Fsp3) is 0.130. The third kappa shape index (κ3) is 3.43. The number of aliphatic imine (C=N–C) groups is 2. The summed E-state index contributed by atoms with van der Waals surface area (Å²) in [6.45, 7) is 2.10. The molecule has 0 saturated carbocycles. The van der Waals surface area contributed by atoms with Gasteiger partial charge in [0.1, 0.15) is 0 Å². The minimum absolute atomic E-state index is 0.101. The van der Waals surface area contributed by atoms with Crippen molar-refractivity contribution < 1.29 is 0 Å². The van der Waals surface area contributed by atoms with E-state index in [0.29, 0.717) is 0 Å². The number of rotatable bonds is 3. The van der Waals surface area contributed by atoms with Gasteiger partial charge in [0, 0.05) is 12.0 Å². The number of hydrogen-bond acceptors (Lipinski definition) is 2. The summed E-state index contributed by atoms with van der Waals surface area (Å²) in [5.41, 5.74) is 5.80.